The van der Waals surface area contributed by atoms with Gasteiger partial charge in [-0.3, -0.25) is 0 Å². The number of nitrogens with two attached hydrogens (primary N) is 1. The van der Waals surface area contributed by atoms with Gasteiger partial charge in [0, 0.05) is 38.1 Å². The van der Waals surface area contributed by atoms with E-state index in [0.717, 1.165) is 44.5 Å². The zero-order valence-electron chi connectivity index (χ0n) is 14.4. The molecule has 0 spiro atoms. The molecule has 1 aromatic carbocycles. The van der Waals surface area contributed by atoms with Crippen LogP contribution in [0.15, 0.2) is 24.5 Å². The molecule has 2 N–H and O–H groups in total. The molecule has 1 aromatic heterocycles. The Labute approximate surface area is 148 Å². The van der Waals surface area contributed by atoms with Crippen molar-refractivity contribution in [3.05, 3.63) is 41.2 Å². The largest absolute Gasteiger partial charge is 0.339 e. The molecule has 2 aromatic rings. The van der Waals surface area contributed by atoms with Gasteiger partial charge in [-0.15, -0.1) is 0 Å². The lowest BCUT2D eigenvalue weighted by Crippen LogP contribution is -2.37. The molecular formula is C19H24N6. The van der Waals surface area contributed by atoms with Gasteiger partial charge in [-0.25, -0.2) is 9.97 Å². The highest BCUT2D eigenvalue weighted by Gasteiger charge is 2.31. The lowest BCUT2D eigenvalue weighted by molar-refractivity contribution is 0.505. The first-order valence-corrected chi connectivity index (χ1v) is 9.33. The van der Waals surface area contributed by atoms with Crippen molar-refractivity contribution in [2.24, 2.45) is 5.73 Å². The van der Waals surface area contributed by atoms with E-state index in [1.165, 1.54) is 24.8 Å². The monoisotopic (exact) mass is 336 g/mol. The molecule has 2 atom stereocenters. The molecular weight excluding hydrogens is 312 g/mol. The first-order chi connectivity index (χ1) is 12.3. The van der Waals surface area contributed by atoms with Crippen molar-refractivity contribution in [3.8, 4) is 0 Å². The Hall–Kier alpha value is -2.21. The number of anilines is 2. The molecule has 3 heterocycles. The molecule has 2 unspecified atom stereocenters. The predicted molar refractivity (Wildman–Crippen MR) is 97.8 cm³/mol. The minimum Gasteiger partial charge on any atom is -0.339 e. The molecule has 0 amide bonds. The quantitative estimate of drug-likeness (QED) is 0.902. The second-order valence-corrected chi connectivity index (χ2v) is 7.54. The van der Waals surface area contributed by atoms with Crippen molar-refractivity contribution in [2.45, 2.75) is 44.2 Å². The zero-order chi connectivity index (χ0) is 16.8. The van der Waals surface area contributed by atoms with Crippen molar-refractivity contribution in [1.29, 1.82) is 0 Å². The van der Waals surface area contributed by atoms with Crippen LogP contribution in [0.25, 0.3) is 0 Å². The van der Waals surface area contributed by atoms with Gasteiger partial charge in [-0.2, -0.15) is 4.98 Å². The second-order valence-electron chi connectivity index (χ2n) is 7.54. The summed E-state index contributed by atoms with van der Waals surface area (Å²) in [4.78, 5) is 18.1. The maximum atomic E-state index is 6.03. The summed E-state index contributed by atoms with van der Waals surface area (Å²) >= 11 is 0. The molecule has 3 aliphatic rings. The van der Waals surface area contributed by atoms with E-state index in [-0.39, 0.29) is 6.04 Å². The normalized spacial score (nSPS) is 25.2. The van der Waals surface area contributed by atoms with E-state index in [4.69, 9.17) is 10.7 Å². The van der Waals surface area contributed by atoms with Crippen molar-refractivity contribution in [2.75, 3.05) is 29.4 Å². The molecule has 1 fully saturated rings. The van der Waals surface area contributed by atoms with Gasteiger partial charge in [0.2, 0.25) is 11.9 Å². The van der Waals surface area contributed by atoms with Crippen LogP contribution in [0.2, 0.25) is 0 Å². The summed E-state index contributed by atoms with van der Waals surface area (Å²) in [6.07, 6.45) is 6.42. The van der Waals surface area contributed by atoms with Gasteiger partial charge >= 0.3 is 0 Å². The molecule has 25 heavy (non-hydrogen) atoms. The van der Waals surface area contributed by atoms with E-state index < -0.39 is 0 Å². The third-order valence-electron chi connectivity index (χ3n) is 5.83. The van der Waals surface area contributed by atoms with Crippen molar-refractivity contribution in [3.63, 3.8) is 0 Å². The van der Waals surface area contributed by atoms with Gasteiger partial charge in [-0.1, -0.05) is 18.2 Å². The van der Waals surface area contributed by atoms with Gasteiger partial charge < -0.3 is 15.5 Å². The van der Waals surface area contributed by atoms with E-state index in [2.05, 4.69) is 38.0 Å². The van der Waals surface area contributed by atoms with Crippen molar-refractivity contribution < 1.29 is 0 Å². The molecule has 1 aliphatic carbocycles. The second kappa shape index (κ2) is 5.95. The minimum atomic E-state index is 0.225. The fourth-order valence-electron chi connectivity index (χ4n) is 4.65. The van der Waals surface area contributed by atoms with Gasteiger partial charge in [0.15, 0.2) is 0 Å². The molecule has 1 saturated heterocycles. The molecule has 0 radical (unpaired) electrons. The Bertz CT molecular complexity index is 791. The number of nitrogens with zero attached hydrogens (tertiary/aromatic N) is 5. The van der Waals surface area contributed by atoms with Gasteiger partial charge in [0.1, 0.15) is 6.33 Å². The summed E-state index contributed by atoms with van der Waals surface area (Å²) in [5.41, 5.74) is 10.6. The standard InChI is InChI=1S/C19H24N6/c20-16-7-8-24(11-16)18-21-12-22-19(23-18)25-9-14-5-1-3-13-4-2-6-15(10-25)17(13)14/h1,3,5,12,15-16H,2,4,6-11,20H2. The zero-order valence-corrected chi connectivity index (χ0v) is 14.4. The van der Waals surface area contributed by atoms with E-state index in [1.54, 1.807) is 17.5 Å². The summed E-state index contributed by atoms with van der Waals surface area (Å²) < 4.78 is 0. The Balaban J connectivity index is 1.45. The molecule has 6 nitrogen and oxygen atoms in total. The third-order valence-corrected chi connectivity index (χ3v) is 5.83. The van der Waals surface area contributed by atoms with Crippen LogP contribution in [-0.2, 0) is 13.0 Å². The highest BCUT2D eigenvalue weighted by atomic mass is 15.3. The van der Waals surface area contributed by atoms with Crippen LogP contribution in [0.1, 0.15) is 41.9 Å². The fourth-order valence-corrected chi connectivity index (χ4v) is 4.65. The molecule has 0 saturated carbocycles. The minimum absolute atomic E-state index is 0.225. The Kier molecular flexibility index (Phi) is 3.59. The number of aryl methyl sites for hydroxylation is 1. The van der Waals surface area contributed by atoms with Crippen molar-refractivity contribution in [1.82, 2.24) is 15.0 Å². The van der Waals surface area contributed by atoms with Crippen LogP contribution >= 0.6 is 0 Å². The highest BCUT2D eigenvalue weighted by molar-refractivity contribution is 5.48. The summed E-state index contributed by atoms with van der Waals surface area (Å²) in [6, 6.07) is 7.00. The maximum absolute atomic E-state index is 6.03. The molecule has 6 heteroatoms. The van der Waals surface area contributed by atoms with Crippen LogP contribution in [0, 0.1) is 0 Å². The van der Waals surface area contributed by atoms with Crippen LogP contribution in [-0.4, -0.2) is 40.6 Å². The topological polar surface area (TPSA) is 71.2 Å². The molecule has 5 rings (SSSR count). The lowest BCUT2D eigenvalue weighted by Gasteiger charge is -2.38. The number of aromatic nitrogens is 3. The first-order valence-electron chi connectivity index (χ1n) is 9.33. The summed E-state index contributed by atoms with van der Waals surface area (Å²) in [5, 5.41) is 0. The Morgan fingerprint density at radius 2 is 1.84 bits per heavy atom. The first kappa shape index (κ1) is 15.1. The number of benzene rings is 1. The van der Waals surface area contributed by atoms with Gasteiger partial charge in [0.05, 0.1) is 0 Å². The summed E-state index contributed by atoms with van der Waals surface area (Å²) in [5.74, 6) is 2.17. The van der Waals surface area contributed by atoms with Crippen LogP contribution in [0.5, 0.6) is 0 Å². The number of hydrogen-bond donors (Lipinski definition) is 1. The van der Waals surface area contributed by atoms with E-state index in [0.29, 0.717) is 5.92 Å². The van der Waals surface area contributed by atoms with Gasteiger partial charge in [0.25, 0.3) is 0 Å². The molecule has 130 valence electrons. The Morgan fingerprint density at radius 3 is 2.68 bits per heavy atom. The van der Waals surface area contributed by atoms with Crippen LogP contribution in [0.3, 0.4) is 0 Å². The predicted octanol–water partition coefficient (Wildman–Crippen LogP) is 1.85. The lowest BCUT2D eigenvalue weighted by atomic mass is 9.78. The third kappa shape index (κ3) is 2.65. The van der Waals surface area contributed by atoms with E-state index in [1.807, 2.05) is 0 Å². The highest BCUT2D eigenvalue weighted by Crippen LogP contribution is 2.39. The molecule has 0 bridgehead atoms. The van der Waals surface area contributed by atoms with Gasteiger partial charge in [-0.05, 0) is 42.4 Å². The Morgan fingerprint density at radius 1 is 1.00 bits per heavy atom. The number of hydrogen-bond acceptors (Lipinski definition) is 6. The van der Waals surface area contributed by atoms with E-state index in [9.17, 15) is 0 Å². The smallest absolute Gasteiger partial charge is 0.230 e. The van der Waals surface area contributed by atoms with Crippen LogP contribution < -0.4 is 15.5 Å². The SMILES string of the molecule is NC1CCN(c2ncnc(N3Cc4cccc5c4C(CCC5)C3)n2)C1. The van der Waals surface area contributed by atoms with Crippen molar-refractivity contribution >= 4 is 11.9 Å². The maximum Gasteiger partial charge on any atom is 0.230 e. The number of rotatable bonds is 2. The summed E-state index contributed by atoms with van der Waals surface area (Å²) in [6.45, 7) is 3.66. The average Bonchev–Trinajstić information content (AvgIpc) is 3.09. The fraction of sp³-hybridized carbons (Fsp3) is 0.526. The van der Waals surface area contributed by atoms with Crippen LogP contribution in [0.4, 0.5) is 11.9 Å². The average molecular weight is 336 g/mol. The molecule has 2 aliphatic heterocycles. The summed E-state index contributed by atoms with van der Waals surface area (Å²) in [7, 11) is 0. The van der Waals surface area contributed by atoms with E-state index >= 15 is 0 Å².